The van der Waals surface area contributed by atoms with E-state index in [9.17, 15) is 0 Å². The van der Waals surface area contributed by atoms with Crippen LogP contribution in [-0.2, 0) is 6.42 Å². The first-order chi connectivity index (χ1) is 8.85. The minimum atomic E-state index is 0.406. The molecule has 2 aromatic rings. The van der Waals surface area contributed by atoms with Gasteiger partial charge in [0.1, 0.15) is 5.76 Å². The topological polar surface area (TPSA) is 25.2 Å². The maximum absolute atomic E-state index is 5.46. The number of hydrogen-bond acceptors (Lipinski definition) is 2. The fourth-order valence-electron chi connectivity index (χ4n) is 2.54. The molecule has 2 atom stereocenters. The van der Waals surface area contributed by atoms with Crippen LogP contribution in [0.2, 0.25) is 0 Å². The largest absolute Gasteiger partial charge is 0.469 e. The van der Waals surface area contributed by atoms with Gasteiger partial charge in [-0.05, 0) is 37.1 Å². The molecule has 0 bridgehead atoms. The van der Waals surface area contributed by atoms with Gasteiger partial charge in [-0.2, -0.15) is 0 Å². The summed E-state index contributed by atoms with van der Waals surface area (Å²) in [4.78, 5) is 0. The summed E-state index contributed by atoms with van der Waals surface area (Å²) in [5.41, 5.74) is 1.39. The smallest absolute Gasteiger partial charge is 0.105 e. The van der Waals surface area contributed by atoms with Crippen LogP contribution in [0, 0.1) is 0 Å². The first-order valence-electron chi connectivity index (χ1n) is 6.59. The molecule has 1 N–H and O–H groups in total. The summed E-state index contributed by atoms with van der Waals surface area (Å²) >= 11 is 0. The predicted molar refractivity (Wildman–Crippen MR) is 74.7 cm³/mol. The van der Waals surface area contributed by atoms with Crippen molar-refractivity contribution < 1.29 is 4.42 Å². The Morgan fingerprint density at radius 2 is 1.89 bits per heavy atom. The van der Waals surface area contributed by atoms with Crippen LogP contribution in [0.3, 0.4) is 0 Å². The van der Waals surface area contributed by atoms with Gasteiger partial charge in [-0.3, -0.25) is 0 Å². The van der Waals surface area contributed by atoms with E-state index in [0.29, 0.717) is 12.0 Å². The lowest BCUT2D eigenvalue weighted by Crippen LogP contribution is -2.33. The van der Waals surface area contributed by atoms with Crippen LogP contribution in [0.5, 0.6) is 0 Å². The van der Waals surface area contributed by atoms with Crippen molar-refractivity contribution in [3.63, 3.8) is 0 Å². The Hall–Kier alpha value is -1.54. The number of likely N-dealkylation sites (N-methyl/N-ethyl adjacent to an activating group) is 1. The molecule has 2 heteroatoms. The zero-order valence-corrected chi connectivity index (χ0v) is 11.1. The van der Waals surface area contributed by atoms with Gasteiger partial charge in [0.05, 0.1) is 6.26 Å². The molecule has 0 radical (unpaired) electrons. The third kappa shape index (κ3) is 3.02. The Bertz CT molecular complexity index is 435. The molecule has 0 saturated heterocycles. The third-order valence-corrected chi connectivity index (χ3v) is 3.53. The van der Waals surface area contributed by atoms with Crippen LogP contribution < -0.4 is 5.32 Å². The molecular formula is C16H21NO. The normalized spacial score (nSPS) is 14.3. The van der Waals surface area contributed by atoms with Gasteiger partial charge in [0, 0.05) is 12.5 Å². The standard InChI is InChI=1S/C16H21NO/c1-3-15(13-8-5-4-6-9-13)16(17-2)12-14-10-7-11-18-14/h4-11,15-17H,3,12H2,1-2H3. The van der Waals surface area contributed by atoms with Gasteiger partial charge in [0.25, 0.3) is 0 Å². The highest BCUT2D eigenvalue weighted by atomic mass is 16.3. The van der Waals surface area contributed by atoms with Gasteiger partial charge in [0.15, 0.2) is 0 Å². The highest BCUT2D eigenvalue weighted by Crippen LogP contribution is 2.25. The maximum atomic E-state index is 5.46. The fraction of sp³-hybridized carbons (Fsp3) is 0.375. The van der Waals surface area contributed by atoms with Crippen molar-refractivity contribution in [3.05, 3.63) is 60.1 Å². The van der Waals surface area contributed by atoms with Gasteiger partial charge in [-0.15, -0.1) is 0 Å². The number of nitrogens with one attached hydrogen (secondary N) is 1. The Morgan fingerprint density at radius 3 is 2.44 bits per heavy atom. The van der Waals surface area contributed by atoms with Gasteiger partial charge in [0.2, 0.25) is 0 Å². The molecule has 0 aliphatic rings. The summed E-state index contributed by atoms with van der Waals surface area (Å²) in [6.07, 6.45) is 3.79. The molecule has 18 heavy (non-hydrogen) atoms. The SMILES string of the molecule is CCC(c1ccccc1)C(Cc1ccco1)NC. The quantitative estimate of drug-likeness (QED) is 0.838. The highest BCUT2D eigenvalue weighted by molar-refractivity contribution is 5.22. The molecule has 2 unspecified atom stereocenters. The third-order valence-electron chi connectivity index (χ3n) is 3.53. The number of hydrogen-bond donors (Lipinski definition) is 1. The molecule has 0 aliphatic heterocycles. The molecule has 0 amide bonds. The maximum Gasteiger partial charge on any atom is 0.105 e. The zero-order valence-electron chi connectivity index (χ0n) is 11.1. The van der Waals surface area contributed by atoms with E-state index in [1.54, 1.807) is 6.26 Å². The molecule has 0 fully saturated rings. The van der Waals surface area contributed by atoms with E-state index >= 15 is 0 Å². The molecule has 1 aromatic heterocycles. The summed E-state index contributed by atoms with van der Waals surface area (Å²) < 4.78 is 5.46. The molecule has 1 heterocycles. The average Bonchev–Trinajstić information content (AvgIpc) is 2.92. The Kier molecular flexibility index (Phi) is 4.59. The van der Waals surface area contributed by atoms with E-state index < -0.39 is 0 Å². The first-order valence-corrected chi connectivity index (χ1v) is 6.59. The molecule has 2 nitrogen and oxygen atoms in total. The van der Waals surface area contributed by atoms with E-state index in [2.05, 4.69) is 42.6 Å². The Morgan fingerprint density at radius 1 is 1.11 bits per heavy atom. The minimum absolute atomic E-state index is 0.406. The Balaban J connectivity index is 2.14. The number of rotatable bonds is 6. The molecular weight excluding hydrogens is 222 g/mol. The lowest BCUT2D eigenvalue weighted by atomic mass is 9.87. The lowest BCUT2D eigenvalue weighted by molar-refractivity contribution is 0.405. The van der Waals surface area contributed by atoms with E-state index in [0.717, 1.165) is 18.6 Å². The second kappa shape index (κ2) is 6.41. The summed E-state index contributed by atoms with van der Waals surface area (Å²) in [5.74, 6) is 1.56. The fourth-order valence-corrected chi connectivity index (χ4v) is 2.54. The van der Waals surface area contributed by atoms with Crippen molar-refractivity contribution >= 4 is 0 Å². The molecule has 1 aromatic carbocycles. The van der Waals surface area contributed by atoms with Crippen molar-refractivity contribution in [1.82, 2.24) is 5.32 Å². The molecule has 96 valence electrons. The average molecular weight is 243 g/mol. The summed E-state index contributed by atoms with van der Waals surface area (Å²) in [6, 6.07) is 15.1. The van der Waals surface area contributed by atoms with Crippen LogP contribution in [0.4, 0.5) is 0 Å². The summed E-state index contributed by atoms with van der Waals surface area (Å²) in [7, 11) is 2.03. The van der Waals surface area contributed by atoms with Crippen molar-refractivity contribution in [2.75, 3.05) is 7.05 Å². The molecule has 0 saturated carbocycles. The van der Waals surface area contributed by atoms with E-state index in [1.165, 1.54) is 5.56 Å². The first kappa shape index (κ1) is 12.9. The van der Waals surface area contributed by atoms with Crippen LogP contribution in [0.25, 0.3) is 0 Å². The van der Waals surface area contributed by atoms with Crippen molar-refractivity contribution in [2.45, 2.75) is 31.7 Å². The van der Waals surface area contributed by atoms with Gasteiger partial charge in [-0.1, -0.05) is 37.3 Å². The van der Waals surface area contributed by atoms with E-state index in [-0.39, 0.29) is 0 Å². The lowest BCUT2D eigenvalue weighted by Gasteiger charge is -2.25. The van der Waals surface area contributed by atoms with E-state index in [1.807, 2.05) is 19.2 Å². The van der Waals surface area contributed by atoms with Gasteiger partial charge in [-0.25, -0.2) is 0 Å². The summed E-state index contributed by atoms with van der Waals surface area (Å²) in [5, 5.41) is 3.43. The van der Waals surface area contributed by atoms with Crippen LogP contribution in [-0.4, -0.2) is 13.1 Å². The van der Waals surface area contributed by atoms with Crippen LogP contribution in [0.1, 0.15) is 30.6 Å². The van der Waals surface area contributed by atoms with Crippen LogP contribution in [0.15, 0.2) is 53.1 Å². The Labute approximate surface area is 109 Å². The minimum Gasteiger partial charge on any atom is -0.469 e. The molecule has 0 aliphatic carbocycles. The monoisotopic (exact) mass is 243 g/mol. The zero-order chi connectivity index (χ0) is 12.8. The highest BCUT2D eigenvalue weighted by Gasteiger charge is 2.21. The summed E-state index contributed by atoms with van der Waals surface area (Å²) in [6.45, 7) is 2.24. The predicted octanol–water partition coefficient (Wildman–Crippen LogP) is 3.60. The molecule has 0 spiro atoms. The van der Waals surface area contributed by atoms with E-state index in [4.69, 9.17) is 4.42 Å². The van der Waals surface area contributed by atoms with Crippen molar-refractivity contribution in [2.24, 2.45) is 0 Å². The molecule has 2 rings (SSSR count). The second-order valence-electron chi connectivity index (χ2n) is 4.60. The van der Waals surface area contributed by atoms with Crippen molar-refractivity contribution in [1.29, 1.82) is 0 Å². The number of benzene rings is 1. The number of furan rings is 1. The van der Waals surface area contributed by atoms with Crippen molar-refractivity contribution in [3.8, 4) is 0 Å². The van der Waals surface area contributed by atoms with Gasteiger partial charge < -0.3 is 9.73 Å². The van der Waals surface area contributed by atoms with Gasteiger partial charge >= 0.3 is 0 Å². The second-order valence-corrected chi connectivity index (χ2v) is 4.60. The van der Waals surface area contributed by atoms with Crippen LogP contribution >= 0.6 is 0 Å².